The highest BCUT2D eigenvalue weighted by Gasteiger charge is 2.18. The molecule has 2 heterocycles. The van der Waals surface area contributed by atoms with Gasteiger partial charge in [0.05, 0.1) is 0 Å². The Balaban J connectivity index is 1.67. The van der Waals surface area contributed by atoms with E-state index in [1.54, 1.807) is 18.2 Å². The molecule has 1 unspecified atom stereocenters. The van der Waals surface area contributed by atoms with Gasteiger partial charge in [-0.25, -0.2) is 4.39 Å². The Hall–Kier alpha value is -1.68. The van der Waals surface area contributed by atoms with Crippen LogP contribution in [0.25, 0.3) is 11.0 Å². The lowest BCUT2D eigenvalue weighted by atomic mass is 9.93. The van der Waals surface area contributed by atoms with Crippen molar-refractivity contribution in [1.29, 1.82) is 0 Å². The molecule has 0 aliphatic carbocycles. The fraction of sp³-hybridized carbons (Fsp3) is 0.438. The van der Waals surface area contributed by atoms with Crippen LogP contribution < -0.4 is 5.32 Å². The average molecular weight is 275 g/mol. The maximum Gasteiger partial charge on any atom is 0.198 e. The smallest absolute Gasteiger partial charge is 0.198 e. The van der Waals surface area contributed by atoms with Crippen molar-refractivity contribution in [3.8, 4) is 0 Å². The quantitative estimate of drug-likeness (QED) is 0.868. The first-order valence-corrected chi connectivity index (χ1v) is 7.16. The van der Waals surface area contributed by atoms with E-state index in [9.17, 15) is 9.18 Å². The van der Waals surface area contributed by atoms with Crippen molar-refractivity contribution in [1.82, 2.24) is 5.32 Å². The van der Waals surface area contributed by atoms with Crippen LogP contribution in [0.15, 0.2) is 28.7 Å². The predicted molar refractivity (Wildman–Crippen MR) is 75.3 cm³/mol. The van der Waals surface area contributed by atoms with E-state index in [0.29, 0.717) is 17.7 Å². The van der Waals surface area contributed by atoms with E-state index in [1.165, 1.54) is 18.9 Å². The molecule has 20 heavy (non-hydrogen) atoms. The molecule has 1 N–H and O–H groups in total. The topological polar surface area (TPSA) is 42.2 Å². The highest BCUT2D eigenvalue weighted by atomic mass is 19.1. The highest BCUT2D eigenvalue weighted by Crippen LogP contribution is 2.24. The number of carbonyl (C=O) groups excluding carboxylic acids is 1. The summed E-state index contributed by atoms with van der Waals surface area (Å²) in [7, 11) is 0. The van der Waals surface area contributed by atoms with Gasteiger partial charge in [0.1, 0.15) is 0 Å². The van der Waals surface area contributed by atoms with E-state index in [1.807, 2.05) is 0 Å². The first-order chi connectivity index (χ1) is 9.74. The number of fused-ring (bicyclic) bond motifs is 1. The number of piperidine rings is 1. The number of nitrogens with one attached hydrogen (secondary N) is 1. The molecule has 1 aromatic heterocycles. The summed E-state index contributed by atoms with van der Waals surface area (Å²) in [6, 6.07) is 6.35. The number of hydrogen-bond acceptors (Lipinski definition) is 3. The Kier molecular flexibility index (Phi) is 3.83. The van der Waals surface area contributed by atoms with Crippen molar-refractivity contribution in [3.05, 3.63) is 35.8 Å². The van der Waals surface area contributed by atoms with Crippen molar-refractivity contribution in [3.63, 3.8) is 0 Å². The Bertz CT molecular complexity index is 614. The molecule has 0 spiro atoms. The maximum absolute atomic E-state index is 13.5. The summed E-state index contributed by atoms with van der Waals surface area (Å²) in [5, 5.41) is 3.99. The number of Topliss-reactive ketones (excluding diaryl/α,β-unsaturated/α-hetero) is 1. The summed E-state index contributed by atoms with van der Waals surface area (Å²) in [5.74, 6) is 0.381. The van der Waals surface area contributed by atoms with Gasteiger partial charge in [-0.2, -0.15) is 0 Å². The normalized spacial score (nSPS) is 19.4. The molecule has 0 amide bonds. The van der Waals surface area contributed by atoms with E-state index in [2.05, 4.69) is 5.32 Å². The summed E-state index contributed by atoms with van der Waals surface area (Å²) in [5.41, 5.74) is 0.176. The van der Waals surface area contributed by atoms with E-state index in [0.717, 1.165) is 19.5 Å². The number of ketones is 1. The number of benzene rings is 1. The number of rotatable bonds is 4. The summed E-state index contributed by atoms with van der Waals surface area (Å²) >= 11 is 0. The van der Waals surface area contributed by atoms with Crippen LogP contribution in [0.2, 0.25) is 0 Å². The third-order valence-electron chi connectivity index (χ3n) is 3.95. The fourth-order valence-electron chi connectivity index (χ4n) is 2.79. The lowest BCUT2D eigenvalue weighted by molar-refractivity contribution is 0.0946. The van der Waals surface area contributed by atoms with Gasteiger partial charge < -0.3 is 9.73 Å². The van der Waals surface area contributed by atoms with E-state index in [-0.39, 0.29) is 17.1 Å². The minimum atomic E-state index is -0.418. The van der Waals surface area contributed by atoms with Crippen molar-refractivity contribution < 1.29 is 13.6 Å². The van der Waals surface area contributed by atoms with Crippen LogP contribution in [-0.4, -0.2) is 18.9 Å². The first kappa shape index (κ1) is 13.3. The molecule has 1 aliphatic heterocycles. The Labute approximate surface area is 117 Å². The lowest BCUT2D eigenvalue weighted by Crippen LogP contribution is -2.29. The van der Waals surface area contributed by atoms with Crippen molar-refractivity contribution in [2.75, 3.05) is 13.1 Å². The van der Waals surface area contributed by atoms with Gasteiger partial charge in [-0.15, -0.1) is 0 Å². The second kappa shape index (κ2) is 5.75. The Morgan fingerprint density at radius 1 is 1.45 bits per heavy atom. The molecule has 4 heteroatoms. The average Bonchev–Trinajstić information content (AvgIpc) is 2.91. The zero-order valence-corrected chi connectivity index (χ0v) is 11.3. The second-order valence-corrected chi connectivity index (χ2v) is 5.44. The molecule has 2 aromatic rings. The summed E-state index contributed by atoms with van der Waals surface area (Å²) < 4.78 is 18.9. The zero-order valence-electron chi connectivity index (χ0n) is 11.3. The van der Waals surface area contributed by atoms with Crippen LogP contribution in [0.4, 0.5) is 4.39 Å². The zero-order chi connectivity index (χ0) is 13.9. The number of para-hydroxylation sites is 1. The van der Waals surface area contributed by atoms with Gasteiger partial charge in [0.25, 0.3) is 0 Å². The number of halogens is 1. The molecule has 3 nitrogen and oxygen atoms in total. The maximum atomic E-state index is 13.5. The van der Waals surface area contributed by atoms with Crippen molar-refractivity contribution in [2.45, 2.75) is 25.7 Å². The number of furan rings is 1. The van der Waals surface area contributed by atoms with Gasteiger partial charge in [-0.3, -0.25) is 4.79 Å². The minimum absolute atomic E-state index is 0.0360. The third kappa shape index (κ3) is 2.75. The molecule has 0 bridgehead atoms. The largest absolute Gasteiger partial charge is 0.450 e. The van der Waals surface area contributed by atoms with Gasteiger partial charge in [-0.1, -0.05) is 12.1 Å². The molecule has 3 rings (SSSR count). The third-order valence-corrected chi connectivity index (χ3v) is 3.95. The Morgan fingerprint density at radius 3 is 3.10 bits per heavy atom. The molecule has 0 saturated carbocycles. The van der Waals surface area contributed by atoms with Gasteiger partial charge in [0.15, 0.2) is 22.9 Å². The monoisotopic (exact) mass is 275 g/mol. The van der Waals surface area contributed by atoms with Crippen LogP contribution in [0, 0.1) is 11.7 Å². The summed E-state index contributed by atoms with van der Waals surface area (Å²) in [4.78, 5) is 12.1. The van der Waals surface area contributed by atoms with Gasteiger partial charge >= 0.3 is 0 Å². The standard InChI is InChI=1S/C16H18FNO2/c17-13-5-1-4-12-9-15(20-16(12)13)14(19)7-6-11-3-2-8-18-10-11/h1,4-5,9,11,18H,2-3,6-8,10H2. The van der Waals surface area contributed by atoms with E-state index < -0.39 is 5.82 Å². The van der Waals surface area contributed by atoms with Crippen LogP contribution in [0.5, 0.6) is 0 Å². The van der Waals surface area contributed by atoms with Gasteiger partial charge in [0.2, 0.25) is 0 Å². The van der Waals surface area contributed by atoms with E-state index in [4.69, 9.17) is 4.42 Å². The minimum Gasteiger partial charge on any atom is -0.450 e. The molecule has 1 fully saturated rings. The second-order valence-electron chi connectivity index (χ2n) is 5.44. The molecule has 1 aromatic carbocycles. The van der Waals surface area contributed by atoms with Gasteiger partial charge in [-0.05, 0) is 50.4 Å². The van der Waals surface area contributed by atoms with Crippen LogP contribution in [-0.2, 0) is 0 Å². The molecule has 106 valence electrons. The summed E-state index contributed by atoms with van der Waals surface area (Å²) in [6.45, 7) is 2.06. The Morgan fingerprint density at radius 2 is 2.35 bits per heavy atom. The van der Waals surface area contributed by atoms with E-state index >= 15 is 0 Å². The number of carbonyl (C=O) groups is 1. The number of hydrogen-bond donors (Lipinski definition) is 1. The van der Waals surface area contributed by atoms with Gasteiger partial charge in [0, 0.05) is 11.8 Å². The molecule has 1 atom stereocenters. The summed E-state index contributed by atoms with van der Waals surface area (Å²) in [6.07, 6.45) is 3.68. The lowest BCUT2D eigenvalue weighted by Gasteiger charge is -2.21. The van der Waals surface area contributed by atoms with Crippen LogP contribution in [0.3, 0.4) is 0 Å². The molecular weight excluding hydrogens is 257 g/mol. The first-order valence-electron chi connectivity index (χ1n) is 7.16. The predicted octanol–water partition coefficient (Wildman–Crippen LogP) is 3.53. The molecular formula is C16H18FNO2. The van der Waals surface area contributed by atoms with Crippen molar-refractivity contribution >= 4 is 16.8 Å². The van der Waals surface area contributed by atoms with Crippen LogP contribution >= 0.6 is 0 Å². The molecule has 0 radical (unpaired) electrons. The fourth-order valence-corrected chi connectivity index (χ4v) is 2.79. The highest BCUT2D eigenvalue weighted by molar-refractivity contribution is 5.97. The van der Waals surface area contributed by atoms with Crippen LogP contribution in [0.1, 0.15) is 36.2 Å². The molecule has 1 aliphatic rings. The van der Waals surface area contributed by atoms with Crippen molar-refractivity contribution in [2.24, 2.45) is 5.92 Å². The molecule has 1 saturated heterocycles. The SMILES string of the molecule is O=C(CCC1CCCNC1)c1cc2cccc(F)c2o1.